The number of benzene rings is 1. The van der Waals surface area contributed by atoms with Gasteiger partial charge in [-0.1, -0.05) is 0 Å². The number of rotatable bonds is 2. The van der Waals surface area contributed by atoms with Crippen LogP contribution in [0.4, 0.5) is 22.0 Å². The Hall–Kier alpha value is -1.17. The molecular formula is C11H10F5N. The molecule has 17 heavy (non-hydrogen) atoms. The summed E-state index contributed by atoms with van der Waals surface area (Å²) in [5.74, 6) is -9.32. The van der Waals surface area contributed by atoms with Crippen molar-refractivity contribution in [2.24, 2.45) is 0 Å². The summed E-state index contributed by atoms with van der Waals surface area (Å²) >= 11 is 0. The highest BCUT2D eigenvalue weighted by atomic mass is 19.2. The third-order valence-electron chi connectivity index (χ3n) is 2.88. The lowest BCUT2D eigenvalue weighted by Gasteiger charge is -2.16. The molecule has 0 spiro atoms. The monoisotopic (exact) mass is 251 g/mol. The predicted octanol–water partition coefficient (Wildman–Crippen LogP) is 2.98. The molecule has 0 aliphatic carbocycles. The van der Waals surface area contributed by atoms with E-state index in [1.807, 2.05) is 0 Å². The van der Waals surface area contributed by atoms with E-state index in [0.29, 0.717) is 13.1 Å². The number of hydrogen-bond donors (Lipinski definition) is 0. The van der Waals surface area contributed by atoms with Crippen LogP contribution in [0.25, 0.3) is 0 Å². The Labute approximate surface area is 94.8 Å². The summed E-state index contributed by atoms with van der Waals surface area (Å²) in [6.07, 6.45) is 1.74. The zero-order valence-electron chi connectivity index (χ0n) is 8.87. The molecule has 1 aromatic carbocycles. The number of likely N-dealkylation sites (tertiary alicyclic amines) is 1. The van der Waals surface area contributed by atoms with Crippen molar-refractivity contribution in [3.05, 3.63) is 34.6 Å². The van der Waals surface area contributed by atoms with Gasteiger partial charge < -0.3 is 0 Å². The largest absolute Gasteiger partial charge is 0.299 e. The molecule has 0 saturated carbocycles. The van der Waals surface area contributed by atoms with Gasteiger partial charge in [0.05, 0.1) is 0 Å². The van der Waals surface area contributed by atoms with Crippen molar-refractivity contribution in [2.45, 2.75) is 19.4 Å². The molecule has 2 rings (SSSR count). The summed E-state index contributed by atoms with van der Waals surface area (Å²) in [7, 11) is 0. The van der Waals surface area contributed by atoms with Crippen LogP contribution in [0.2, 0.25) is 0 Å². The fraction of sp³-hybridized carbons (Fsp3) is 0.455. The van der Waals surface area contributed by atoms with Gasteiger partial charge in [-0.25, -0.2) is 22.0 Å². The number of hydrogen-bond acceptors (Lipinski definition) is 1. The van der Waals surface area contributed by atoms with Crippen LogP contribution in [0.15, 0.2) is 0 Å². The lowest BCUT2D eigenvalue weighted by molar-refractivity contribution is 0.302. The van der Waals surface area contributed by atoms with Crippen LogP contribution in [-0.2, 0) is 6.54 Å². The smallest absolute Gasteiger partial charge is 0.200 e. The summed E-state index contributed by atoms with van der Waals surface area (Å²) in [6, 6.07) is 0. The second kappa shape index (κ2) is 4.60. The summed E-state index contributed by atoms with van der Waals surface area (Å²) in [4.78, 5) is 1.66. The Morgan fingerprint density at radius 3 is 1.59 bits per heavy atom. The quantitative estimate of drug-likeness (QED) is 0.443. The zero-order chi connectivity index (χ0) is 12.6. The van der Waals surface area contributed by atoms with Crippen molar-refractivity contribution in [2.75, 3.05) is 13.1 Å². The highest BCUT2D eigenvalue weighted by molar-refractivity contribution is 5.24. The van der Waals surface area contributed by atoms with Crippen LogP contribution in [0.3, 0.4) is 0 Å². The van der Waals surface area contributed by atoms with Crippen LogP contribution in [0.1, 0.15) is 18.4 Å². The average molecular weight is 251 g/mol. The van der Waals surface area contributed by atoms with Crippen molar-refractivity contribution in [3.63, 3.8) is 0 Å². The molecule has 0 unspecified atom stereocenters. The fourth-order valence-corrected chi connectivity index (χ4v) is 1.95. The van der Waals surface area contributed by atoms with Crippen LogP contribution < -0.4 is 0 Å². The minimum Gasteiger partial charge on any atom is -0.299 e. The number of halogens is 5. The van der Waals surface area contributed by atoms with Crippen molar-refractivity contribution in [1.82, 2.24) is 4.90 Å². The first-order valence-corrected chi connectivity index (χ1v) is 5.25. The SMILES string of the molecule is Fc1c(F)c(F)c(CN2CCCC2)c(F)c1F. The minimum atomic E-state index is -2.11. The normalized spacial score (nSPS) is 16.8. The molecule has 1 fully saturated rings. The van der Waals surface area contributed by atoms with Gasteiger partial charge in [0, 0.05) is 12.1 Å². The number of nitrogens with zero attached hydrogens (tertiary/aromatic N) is 1. The maximum Gasteiger partial charge on any atom is 0.200 e. The van der Waals surface area contributed by atoms with Gasteiger partial charge in [-0.15, -0.1) is 0 Å². The van der Waals surface area contributed by atoms with Gasteiger partial charge in [-0.05, 0) is 25.9 Å². The molecule has 0 atom stereocenters. The molecule has 0 bridgehead atoms. The highest BCUT2D eigenvalue weighted by Gasteiger charge is 2.27. The molecule has 1 saturated heterocycles. The van der Waals surface area contributed by atoms with E-state index in [9.17, 15) is 22.0 Å². The molecule has 1 aromatic rings. The van der Waals surface area contributed by atoms with Crippen molar-refractivity contribution < 1.29 is 22.0 Å². The van der Waals surface area contributed by atoms with E-state index in [-0.39, 0.29) is 6.54 Å². The molecule has 1 aliphatic heterocycles. The van der Waals surface area contributed by atoms with E-state index in [1.54, 1.807) is 4.90 Å². The van der Waals surface area contributed by atoms with E-state index in [1.165, 1.54) is 0 Å². The van der Waals surface area contributed by atoms with Gasteiger partial charge in [-0.3, -0.25) is 4.90 Å². The second-order valence-electron chi connectivity index (χ2n) is 4.03. The van der Waals surface area contributed by atoms with Crippen LogP contribution in [0, 0.1) is 29.1 Å². The maximum absolute atomic E-state index is 13.3. The lowest BCUT2D eigenvalue weighted by Crippen LogP contribution is -2.21. The Kier molecular flexibility index (Phi) is 3.33. The van der Waals surface area contributed by atoms with Gasteiger partial charge in [0.25, 0.3) is 0 Å². The van der Waals surface area contributed by atoms with Gasteiger partial charge in [-0.2, -0.15) is 0 Å². The molecule has 6 heteroatoms. The molecule has 1 nitrogen and oxygen atoms in total. The molecular weight excluding hydrogens is 241 g/mol. The molecule has 1 heterocycles. The van der Waals surface area contributed by atoms with Gasteiger partial charge in [0.1, 0.15) is 0 Å². The minimum absolute atomic E-state index is 0.244. The Balaban J connectivity index is 2.38. The Morgan fingerprint density at radius 1 is 0.706 bits per heavy atom. The van der Waals surface area contributed by atoms with Crippen LogP contribution >= 0.6 is 0 Å². The third-order valence-corrected chi connectivity index (χ3v) is 2.88. The zero-order valence-corrected chi connectivity index (χ0v) is 8.87. The van der Waals surface area contributed by atoms with Crippen LogP contribution in [-0.4, -0.2) is 18.0 Å². The summed E-state index contributed by atoms with van der Waals surface area (Å²) in [6.45, 7) is 0.977. The summed E-state index contributed by atoms with van der Waals surface area (Å²) in [5.41, 5.74) is -0.747. The molecule has 0 aromatic heterocycles. The lowest BCUT2D eigenvalue weighted by atomic mass is 10.1. The van der Waals surface area contributed by atoms with Crippen LogP contribution in [0.5, 0.6) is 0 Å². The predicted molar refractivity (Wildman–Crippen MR) is 50.7 cm³/mol. The molecule has 1 aliphatic rings. The van der Waals surface area contributed by atoms with E-state index in [4.69, 9.17) is 0 Å². The third kappa shape index (κ3) is 2.13. The Morgan fingerprint density at radius 2 is 1.12 bits per heavy atom. The van der Waals surface area contributed by atoms with Gasteiger partial charge in [0.2, 0.25) is 5.82 Å². The summed E-state index contributed by atoms with van der Waals surface area (Å²) < 4.78 is 65.2. The maximum atomic E-state index is 13.3. The van der Waals surface area contributed by atoms with Crippen molar-refractivity contribution in [1.29, 1.82) is 0 Å². The molecule has 94 valence electrons. The first-order chi connectivity index (χ1) is 8.02. The van der Waals surface area contributed by atoms with E-state index < -0.39 is 34.6 Å². The molecule has 0 N–H and O–H groups in total. The average Bonchev–Trinajstić information content (AvgIpc) is 2.82. The topological polar surface area (TPSA) is 3.24 Å². The molecule has 0 radical (unpaired) electrons. The van der Waals surface area contributed by atoms with Gasteiger partial charge in [0.15, 0.2) is 23.3 Å². The van der Waals surface area contributed by atoms with E-state index in [2.05, 4.69) is 0 Å². The van der Waals surface area contributed by atoms with Crippen molar-refractivity contribution >= 4 is 0 Å². The van der Waals surface area contributed by atoms with E-state index >= 15 is 0 Å². The highest BCUT2D eigenvalue weighted by Crippen LogP contribution is 2.25. The fourth-order valence-electron chi connectivity index (χ4n) is 1.95. The first-order valence-electron chi connectivity index (χ1n) is 5.25. The van der Waals surface area contributed by atoms with E-state index in [0.717, 1.165) is 12.8 Å². The Bertz CT molecular complexity index is 411. The second-order valence-corrected chi connectivity index (χ2v) is 4.03. The summed E-state index contributed by atoms with van der Waals surface area (Å²) in [5, 5.41) is 0. The van der Waals surface area contributed by atoms with Gasteiger partial charge >= 0.3 is 0 Å². The standard InChI is InChI=1S/C11H10F5N/c12-7-6(5-17-3-1-2-4-17)8(13)10(15)11(16)9(7)14/h1-5H2. The first kappa shape index (κ1) is 12.3. The van der Waals surface area contributed by atoms with Crippen molar-refractivity contribution in [3.8, 4) is 0 Å². The molecule has 0 amide bonds.